The molecule has 2 aliphatic heterocycles. The number of nitrogens with one attached hydrogen (secondary N) is 1. The Balaban J connectivity index is 1.49. The highest BCUT2D eigenvalue weighted by Gasteiger charge is 2.30. The van der Waals surface area contributed by atoms with Crippen LogP contribution in [0, 0.1) is 11.8 Å². The monoisotopic (exact) mass is 357 g/mol. The fourth-order valence-corrected chi connectivity index (χ4v) is 4.29. The zero-order valence-electron chi connectivity index (χ0n) is 15.9. The molecule has 1 fully saturated rings. The van der Waals surface area contributed by atoms with Gasteiger partial charge in [-0.1, -0.05) is 31.2 Å². The topological polar surface area (TPSA) is 75.4 Å². The summed E-state index contributed by atoms with van der Waals surface area (Å²) in [6.45, 7) is 6.23. The summed E-state index contributed by atoms with van der Waals surface area (Å²) in [5.74, 6) is 1.22. The minimum Gasteiger partial charge on any atom is -0.341 e. The molecule has 2 heterocycles. The van der Waals surface area contributed by atoms with Gasteiger partial charge in [0, 0.05) is 26.1 Å². The van der Waals surface area contributed by atoms with Crippen molar-refractivity contribution in [3.63, 3.8) is 0 Å². The summed E-state index contributed by atoms with van der Waals surface area (Å²) in [5, 5.41) is 3.40. The summed E-state index contributed by atoms with van der Waals surface area (Å²) >= 11 is 0. The summed E-state index contributed by atoms with van der Waals surface area (Å²) < 4.78 is 0. The van der Waals surface area contributed by atoms with Crippen molar-refractivity contribution in [2.75, 3.05) is 13.1 Å². The molecule has 142 valence electrons. The summed E-state index contributed by atoms with van der Waals surface area (Å²) in [4.78, 5) is 26.6. The molecule has 0 radical (unpaired) electrons. The van der Waals surface area contributed by atoms with E-state index in [1.165, 1.54) is 11.1 Å². The van der Waals surface area contributed by atoms with Crippen molar-refractivity contribution >= 4 is 11.7 Å². The second-order valence-corrected chi connectivity index (χ2v) is 8.01. The molecule has 0 spiro atoms. The van der Waals surface area contributed by atoms with Gasteiger partial charge in [0.25, 0.3) is 0 Å². The molecule has 5 heteroatoms. The number of Topliss-reactive ketones (excluding diaryl/α,β-unsaturated/α-hetero) is 1. The smallest absolute Gasteiger partial charge is 0.239 e. The van der Waals surface area contributed by atoms with Gasteiger partial charge in [0.1, 0.15) is 5.78 Å². The van der Waals surface area contributed by atoms with Crippen LogP contribution in [-0.2, 0) is 22.6 Å². The van der Waals surface area contributed by atoms with Gasteiger partial charge in [-0.05, 0) is 49.1 Å². The molecule has 3 rings (SSSR count). The van der Waals surface area contributed by atoms with Crippen molar-refractivity contribution in [2.45, 2.75) is 58.2 Å². The third kappa shape index (κ3) is 4.33. The van der Waals surface area contributed by atoms with Crippen LogP contribution in [0.1, 0.15) is 44.2 Å². The molecule has 1 aromatic carbocycles. The zero-order chi connectivity index (χ0) is 18.7. The highest BCUT2D eigenvalue weighted by atomic mass is 16.2. The quantitative estimate of drug-likeness (QED) is 0.844. The van der Waals surface area contributed by atoms with Crippen LogP contribution in [-0.4, -0.2) is 41.8 Å². The van der Waals surface area contributed by atoms with E-state index < -0.39 is 6.04 Å². The molecule has 1 unspecified atom stereocenters. The largest absolute Gasteiger partial charge is 0.341 e. The first-order valence-electron chi connectivity index (χ1n) is 9.83. The Morgan fingerprint density at radius 3 is 2.50 bits per heavy atom. The summed E-state index contributed by atoms with van der Waals surface area (Å²) in [5.41, 5.74) is 8.29. The molecule has 0 bridgehead atoms. The SMILES string of the molecule is CC(CC(=O)[C@H]1Cc2ccccc2CN1)C1CCN(C(=O)[C@H](C)N)CC1. The van der Waals surface area contributed by atoms with Gasteiger partial charge in [-0.2, -0.15) is 0 Å². The van der Waals surface area contributed by atoms with Gasteiger partial charge in [0.2, 0.25) is 5.91 Å². The van der Waals surface area contributed by atoms with Crippen molar-refractivity contribution in [2.24, 2.45) is 17.6 Å². The Hall–Kier alpha value is -1.72. The maximum Gasteiger partial charge on any atom is 0.239 e. The standard InChI is InChI=1S/C21H31N3O2/c1-14(16-7-9-24(10-8-16)21(26)15(2)22)11-20(25)19-12-17-5-3-4-6-18(17)13-23-19/h3-6,14-16,19,23H,7-13,22H2,1-2H3/t14?,15-,19+/m0/s1. The Labute approximate surface area is 156 Å². The molecule has 26 heavy (non-hydrogen) atoms. The first kappa shape index (κ1) is 19.1. The van der Waals surface area contributed by atoms with Crippen LogP contribution in [0.15, 0.2) is 24.3 Å². The molecule has 3 atom stereocenters. The van der Waals surface area contributed by atoms with E-state index in [4.69, 9.17) is 5.73 Å². The number of nitrogens with two attached hydrogens (primary N) is 1. The Morgan fingerprint density at radius 2 is 1.85 bits per heavy atom. The van der Waals surface area contributed by atoms with Crippen molar-refractivity contribution in [3.8, 4) is 0 Å². The van der Waals surface area contributed by atoms with Crippen molar-refractivity contribution in [3.05, 3.63) is 35.4 Å². The molecular formula is C21H31N3O2. The lowest BCUT2D eigenvalue weighted by Crippen LogP contribution is -2.47. The van der Waals surface area contributed by atoms with E-state index in [9.17, 15) is 9.59 Å². The second kappa shape index (κ2) is 8.31. The molecule has 1 amide bonds. The molecule has 2 aliphatic rings. The highest BCUT2D eigenvalue weighted by Crippen LogP contribution is 2.28. The first-order chi connectivity index (χ1) is 12.5. The summed E-state index contributed by atoms with van der Waals surface area (Å²) in [6.07, 6.45) is 3.34. The zero-order valence-corrected chi connectivity index (χ0v) is 15.9. The Bertz CT molecular complexity index is 650. The third-order valence-corrected chi connectivity index (χ3v) is 6.04. The molecule has 3 N–H and O–H groups in total. The average Bonchev–Trinajstić information content (AvgIpc) is 2.67. The Kier molecular flexibility index (Phi) is 6.09. The molecule has 0 aliphatic carbocycles. The fourth-order valence-electron chi connectivity index (χ4n) is 4.29. The maximum atomic E-state index is 12.8. The highest BCUT2D eigenvalue weighted by molar-refractivity contribution is 5.85. The molecule has 0 aromatic heterocycles. The van der Waals surface area contributed by atoms with E-state index in [2.05, 4.69) is 24.4 Å². The van der Waals surface area contributed by atoms with E-state index in [1.54, 1.807) is 6.92 Å². The number of piperidine rings is 1. The summed E-state index contributed by atoms with van der Waals surface area (Å²) in [7, 11) is 0. The number of amides is 1. The van der Waals surface area contributed by atoms with Crippen LogP contribution in [0.3, 0.4) is 0 Å². The number of hydrogen-bond donors (Lipinski definition) is 2. The molecule has 1 saturated heterocycles. The van der Waals surface area contributed by atoms with Gasteiger partial charge in [-0.25, -0.2) is 0 Å². The van der Waals surface area contributed by atoms with E-state index in [-0.39, 0.29) is 11.9 Å². The molecular weight excluding hydrogens is 326 g/mol. The van der Waals surface area contributed by atoms with E-state index >= 15 is 0 Å². The number of carbonyl (C=O) groups is 2. The van der Waals surface area contributed by atoms with Crippen molar-refractivity contribution in [1.29, 1.82) is 0 Å². The predicted octanol–water partition coefficient (Wildman–Crippen LogP) is 1.88. The van der Waals surface area contributed by atoms with Gasteiger partial charge in [-0.3, -0.25) is 9.59 Å². The lowest BCUT2D eigenvalue weighted by molar-refractivity contribution is -0.134. The summed E-state index contributed by atoms with van der Waals surface area (Å²) in [6, 6.07) is 7.87. The number of benzene rings is 1. The van der Waals surface area contributed by atoms with Crippen LogP contribution >= 0.6 is 0 Å². The number of fused-ring (bicyclic) bond motifs is 1. The predicted molar refractivity (Wildman–Crippen MR) is 103 cm³/mol. The number of carbonyl (C=O) groups excluding carboxylic acids is 2. The van der Waals surface area contributed by atoms with Crippen LogP contribution in [0.5, 0.6) is 0 Å². The van der Waals surface area contributed by atoms with Gasteiger partial charge in [0.05, 0.1) is 12.1 Å². The fraction of sp³-hybridized carbons (Fsp3) is 0.619. The number of nitrogens with zero attached hydrogens (tertiary/aromatic N) is 1. The van der Waals surface area contributed by atoms with Crippen molar-refractivity contribution < 1.29 is 9.59 Å². The second-order valence-electron chi connectivity index (χ2n) is 8.01. The number of ketones is 1. The lowest BCUT2D eigenvalue weighted by Gasteiger charge is -2.36. The Morgan fingerprint density at radius 1 is 1.19 bits per heavy atom. The lowest BCUT2D eigenvalue weighted by atomic mass is 9.80. The third-order valence-electron chi connectivity index (χ3n) is 6.04. The van der Waals surface area contributed by atoms with Gasteiger partial charge in [-0.15, -0.1) is 0 Å². The number of hydrogen-bond acceptors (Lipinski definition) is 4. The van der Waals surface area contributed by atoms with Crippen LogP contribution in [0.4, 0.5) is 0 Å². The van der Waals surface area contributed by atoms with Gasteiger partial charge in [0.15, 0.2) is 0 Å². The van der Waals surface area contributed by atoms with Crippen LogP contribution in [0.25, 0.3) is 0 Å². The minimum absolute atomic E-state index is 0.0391. The minimum atomic E-state index is -0.425. The van der Waals surface area contributed by atoms with E-state index in [0.29, 0.717) is 24.0 Å². The number of rotatable bonds is 5. The molecule has 5 nitrogen and oxygen atoms in total. The van der Waals surface area contributed by atoms with Gasteiger partial charge < -0.3 is 16.0 Å². The van der Waals surface area contributed by atoms with Crippen LogP contribution in [0.2, 0.25) is 0 Å². The van der Waals surface area contributed by atoms with Crippen molar-refractivity contribution in [1.82, 2.24) is 10.2 Å². The molecule has 0 saturated carbocycles. The van der Waals surface area contributed by atoms with Crippen LogP contribution < -0.4 is 11.1 Å². The normalized spacial score (nSPS) is 23.2. The number of likely N-dealkylation sites (tertiary alicyclic amines) is 1. The van der Waals surface area contributed by atoms with E-state index in [0.717, 1.165) is 38.9 Å². The van der Waals surface area contributed by atoms with E-state index in [1.807, 2.05) is 17.0 Å². The molecule has 1 aromatic rings. The first-order valence-corrected chi connectivity index (χ1v) is 9.83. The maximum absolute atomic E-state index is 12.8. The average molecular weight is 357 g/mol. The van der Waals surface area contributed by atoms with Gasteiger partial charge >= 0.3 is 0 Å².